The minimum atomic E-state index is -0.301. The number of nitrogens with zero attached hydrogens (tertiary/aromatic N) is 6. The lowest BCUT2D eigenvalue weighted by atomic mass is 10.1. The van der Waals surface area contributed by atoms with E-state index in [0.29, 0.717) is 40.1 Å². The molecule has 1 aliphatic heterocycles. The third-order valence-corrected chi connectivity index (χ3v) is 6.30. The van der Waals surface area contributed by atoms with E-state index in [2.05, 4.69) is 49.3 Å². The van der Waals surface area contributed by atoms with Gasteiger partial charge in [-0.05, 0) is 33.6 Å². The number of piperazine rings is 1. The number of aryl methyl sites for hydroxylation is 1. The van der Waals surface area contributed by atoms with E-state index >= 15 is 0 Å². The highest BCUT2D eigenvalue weighted by Crippen LogP contribution is 2.32. The molecule has 35 heavy (non-hydrogen) atoms. The van der Waals surface area contributed by atoms with Crippen molar-refractivity contribution in [3.05, 3.63) is 48.3 Å². The van der Waals surface area contributed by atoms with Crippen LogP contribution in [0.2, 0.25) is 0 Å². The Balaban J connectivity index is 1.34. The van der Waals surface area contributed by atoms with Gasteiger partial charge in [0.05, 0.1) is 23.0 Å². The zero-order valence-corrected chi connectivity index (χ0v) is 20.0. The van der Waals surface area contributed by atoms with Crippen LogP contribution < -0.4 is 20.3 Å². The van der Waals surface area contributed by atoms with Gasteiger partial charge in [0.2, 0.25) is 0 Å². The van der Waals surface area contributed by atoms with Crippen LogP contribution in [0.1, 0.15) is 42.7 Å². The van der Waals surface area contributed by atoms with Crippen LogP contribution >= 0.6 is 0 Å². The van der Waals surface area contributed by atoms with Crippen molar-refractivity contribution in [1.82, 2.24) is 29.7 Å². The van der Waals surface area contributed by atoms with Gasteiger partial charge in [-0.15, -0.1) is 0 Å². The van der Waals surface area contributed by atoms with Crippen LogP contribution in [0.25, 0.3) is 16.7 Å². The molecule has 10 nitrogen and oxygen atoms in total. The first-order valence-electron chi connectivity index (χ1n) is 12.0. The van der Waals surface area contributed by atoms with E-state index in [9.17, 15) is 4.79 Å². The van der Waals surface area contributed by atoms with Crippen molar-refractivity contribution < 1.29 is 9.53 Å². The van der Waals surface area contributed by atoms with Crippen molar-refractivity contribution in [2.45, 2.75) is 51.8 Å². The molecule has 10 heteroatoms. The van der Waals surface area contributed by atoms with Gasteiger partial charge in [0.1, 0.15) is 11.0 Å². The predicted molar refractivity (Wildman–Crippen MR) is 133 cm³/mol. The third-order valence-electron chi connectivity index (χ3n) is 6.30. The molecule has 1 saturated heterocycles. The minimum absolute atomic E-state index is 0.216. The molecular formula is C25H28N8O2. The summed E-state index contributed by atoms with van der Waals surface area (Å²) in [6.07, 6.45) is 10.9. The molecule has 1 aliphatic carbocycles. The molecule has 180 valence electrons. The van der Waals surface area contributed by atoms with E-state index in [1.54, 1.807) is 18.6 Å². The number of imidazole rings is 1. The second kappa shape index (κ2) is 8.46. The molecule has 1 saturated carbocycles. The second-order valence-corrected chi connectivity index (χ2v) is 9.60. The van der Waals surface area contributed by atoms with Crippen LogP contribution in [0.3, 0.4) is 0 Å². The van der Waals surface area contributed by atoms with Gasteiger partial charge in [0.25, 0.3) is 5.91 Å². The topological polar surface area (TPSA) is 110 Å². The fourth-order valence-electron chi connectivity index (χ4n) is 4.75. The molecule has 0 aromatic carbocycles. The van der Waals surface area contributed by atoms with E-state index < -0.39 is 0 Å². The van der Waals surface area contributed by atoms with Gasteiger partial charge in [-0.3, -0.25) is 9.78 Å². The molecule has 0 unspecified atom stereocenters. The number of fused-ring (bicyclic) bond motifs is 2. The Morgan fingerprint density at radius 2 is 1.83 bits per heavy atom. The van der Waals surface area contributed by atoms with Crippen molar-refractivity contribution in [2.75, 3.05) is 23.3 Å². The average Bonchev–Trinajstić information content (AvgIpc) is 3.55. The summed E-state index contributed by atoms with van der Waals surface area (Å²) in [6, 6.07) is 2.48. The Kier molecular flexibility index (Phi) is 5.25. The lowest BCUT2D eigenvalue weighted by molar-refractivity contribution is 0.102. The van der Waals surface area contributed by atoms with Crippen LogP contribution in [0, 0.1) is 6.92 Å². The van der Waals surface area contributed by atoms with Crippen molar-refractivity contribution >= 4 is 34.1 Å². The fourth-order valence-corrected chi connectivity index (χ4v) is 4.75. The number of carbonyl (C=O) groups is 1. The summed E-state index contributed by atoms with van der Waals surface area (Å²) in [4.78, 5) is 33.9. The number of aromatic nitrogens is 5. The second-order valence-electron chi connectivity index (χ2n) is 9.60. The Labute approximate surface area is 202 Å². The highest BCUT2D eigenvalue weighted by molar-refractivity contribution is 6.12. The maximum absolute atomic E-state index is 13.4. The van der Waals surface area contributed by atoms with Crippen LogP contribution in [0.15, 0.2) is 37.1 Å². The molecule has 2 atom stereocenters. The summed E-state index contributed by atoms with van der Waals surface area (Å²) >= 11 is 0. The summed E-state index contributed by atoms with van der Waals surface area (Å²) in [5.74, 6) is 1.11. The summed E-state index contributed by atoms with van der Waals surface area (Å²) in [5, 5.41) is 6.53. The number of anilines is 2. The number of pyridine rings is 2. The van der Waals surface area contributed by atoms with Crippen molar-refractivity contribution in [3.63, 3.8) is 0 Å². The van der Waals surface area contributed by atoms with E-state index in [-0.39, 0.29) is 12.0 Å². The molecule has 0 spiro atoms. The van der Waals surface area contributed by atoms with E-state index in [1.165, 1.54) is 0 Å². The Hall–Kier alpha value is -3.79. The fraction of sp³-hybridized carbons (Fsp3) is 0.400. The number of hydrogen-bond acceptors (Lipinski definition) is 8. The van der Waals surface area contributed by atoms with Gasteiger partial charge in [-0.2, -0.15) is 0 Å². The predicted octanol–water partition coefficient (Wildman–Crippen LogP) is 2.96. The minimum Gasteiger partial charge on any atom is -0.486 e. The SMILES string of the molecule is Cc1cn2cc(NC(=O)c3cnc(N4C[C@@H](C)N[C@@H](C)C4)c4nccnc34)cc(OC3CC3)c2n1. The number of carbonyl (C=O) groups excluding carboxylic acids is 1. The van der Waals surface area contributed by atoms with Gasteiger partial charge in [-0.1, -0.05) is 0 Å². The van der Waals surface area contributed by atoms with Gasteiger partial charge >= 0.3 is 0 Å². The molecule has 4 aromatic heterocycles. The molecule has 2 aliphatic rings. The zero-order chi connectivity index (χ0) is 24.1. The normalized spacial score (nSPS) is 20.4. The summed E-state index contributed by atoms with van der Waals surface area (Å²) < 4.78 is 7.95. The van der Waals surface area contributed by atoms with Gasteiger partial charge < -0.3 is 24.7 Å². The molecule has 1 amide bonds. The number of ether oxygens (including phenoxy) is 1. The first kappa shape index (κ1) is 21.7. The van der Waals surface area contributed by atoms with Crippen LogP contribution in [-0.4, -0.2) is 61.5 Å². The molecular weight excluding hydrogens is 444 g/mol. The van der Waals surface area contributed by atoms with Gasteiger partial charge in [-0.25, -0.2) is 15.0 Å². The third kappa shape index (κ3) is 4.25. The summed E-state index contributed by atoms with van der Waals surface area (Å²) in [5.41, 5.74) is 3.77. The van der Waals surface area contributed by atoms with E-state index in [0.717, 1.165) is 43.1 Å². The smallest absolute Gasteiger partial charge is 0.259 e. The Bertz CT molecular complexity index is 1420. The lowest BCUT2D eigenvalue weighted by Crippen LogP contribution is -2.54. The van der Waals surface area contributed by atoms with Crippen LogP contribution in [-0.2, 0) is 0 Å². The van der Waals surface area contributed by atoms with Crippen molar-refractivity contribution in [2.24, 2.45) is 0 Å². The highest BCUT2D eigenvalue weighted by Gasteiger charge is 2.27. The van der Waals surface area contributed by atoms with Crippen molar-refractivity contribution in [3.8, 4) is 5.75 Å². The molecule has 5 heterocycles. The van der Waals surface area contributed by atoms with E-state index in [4.69, 9.17) is 4.74 Å². The quantitative estimate of drug-likeness (QED) is 0.456. The molecule has 2 fully saturated rings. The summed E-state index contributed by atoms with van der Waals surface area (Å²) in [6.45, 7) is 7.85. The zero-order valence-electron chi connectivity index (χ0n) is 20.0. The Morgan fingerprint density at radius 3 is 2.57 bits per heavy atom. The summed E-state index contributed by atoms with van der Waals surface area (Å²) in [7, 11) is 0. The lowest BCUT2D eigenvalue weighted by Gasteiger charge is -2.37. The maximum Gasteiger partial charge on any atom is 0.259 e. The largest absolute Gasteiger partial charge is 0.486 e. The number of nitrogens with one attached hydrogen (secondary N) is 2. The number of rotatable bonds is 5. The first-order chi connectivity index (χ1) is 16.9. The first-order valence-corrected chi connectivity index (χ1v) is 12.0. The van der Waals surface area contributed by atoms with Crippen LogP contribution in [0.4, 0.5) is 11.5 Å². The molecule has 2 N–H and O–H groups in total. The van der Waals surface area contributed by atoms with Gasteiger partial charge in [0, 0.05) is 62.2 Å². The molecule has 4 aromatic rings. The average molecular weight is 473 g/mol. The standard InChI is InChI=1S/C25H28N8O2/c1-14-10-32(11-15(2)29-14)24-22-21(26-6-7-27-22)19(9-28-24)25(34)31-17-8-20(35-18-4-5-18)23-30-16(3)12-33(23)13-17/h6-9,12-15,18,29H,4-5,10-11H2,1-3H3,(H,31,34)/t14-,15+. The highest BCUT2D eigenvalue weighted by atomic mass is 16.5. The number of amides is 1. The Morgan fingerprint density at radius 1 is 1.09 bits per heavy atom. The maximum atomic E-state index is 13.4. The monoisotopic (exact) mass is 472 g/mol. The van der Waals surface area contributed by atoms with Gasteiger partial charge in [0.15, 0.2) is 17.2 Å². The molecule has 6 rings (SSSR count). The van der Waals surface area contributed by atoms with Crippen LogP contribution in [0.5, 0.6) is 5.75 Å². The molecule has 0 radical (unpaired) electrons. The molecule has 0 bridgehead atoms. The van der Waals surface area contributed by atoms with Crippen molar-refractivity contribution in [1.29, 1.82) is 0 Å². The number of hydrogen-bond donors (Lipinski definition) is 2. The van der Waals surface area contributed by atoms with E-state index in [1.807, 2.05) is 29.8 Å².